The van der Waals surface area contributed by atoms with Crippen LogP contribution in [-0.2, 0) is 30.0 Å². The minimum atomic E-state index is -1.93. The SMILES string of the molecule is CC(O[Si](C)(C)C(C)(C)C)C1NC(=O)C1C(C)C(=O)Sc1ccccc1.O=C1Cc2ccc(cc2)C([N+](=O)[O-])O1. The summed E-state index contributed by atoms with van der Waals surface area (Å²) in [4.78, 5) is 46.8. The molecule has 5 rings (SSSR count). The van der Waals surface area contributed by atoms with Crippen LogP contribution in [0.25, 0.3) is 0 Å². The van der Waals surface area contributed by atoms with Crippen LogP contribution < -0.4 is 5.32 Å². The predicted octanol–water partition coefficient (Wildman–Crippen LogP) is 5.53. The minimum Gasteiger partial charge on any atom is -0.412 e. The van der Waals surface area contributed by atoms with E-state index < -0.39 is 25.4 Å². The Morgan fingerprint density at radius 3 is 2.23 bits per heavy atom. The average molecular weight is 587 g/mol. The molecule has 1 amide bonds. The van der Waals surface area contributed by atoms with Crippen molar-refractivity contribution in [1.82, 2.24) is 5.32 Å². The molecule has 0 saturated carbocycles. The van der Waals surface area contributed by atoms with Crippen LogP contribution >= 0.6 is 11.8 Å². The lowest BCUT2D eigenvalue weighted by Crippen LogP contribution is -2.67. The molecule has 2 aromatic carbocycles. The van der Waals surface area contributed by atoms with E-state index in [1.54, 1.807) is 24.3 Å². The third-order valence-corrected chi connectivity index (χ3v) is 13.4. The number of β-lactam (4-membered cyclic amide) rings is 1. The summed E-state index contributed by atoms with van der Waals surface area (Å²) in [5, 5.41) is 13.7. The fraction of sp³-hybridized carbons (Fsp3) is 0.483. The standard InChI is InChI=1S/C20H31NO3SSi.C9H7NO4/c1-13(19(23)25-15-11-9-8-10-12-15)16-17(21-18(16)22)14(2)24-26(6,7)20(3,4)5;11-8-5-6-1-3-7(4-2-6)9(14-8)10(12)13/h8-14,16-17H,1-7H3,(H,21,22);1-4,9H,5H2. The Kier molecular flexibility index (Phi) is 9.97. The largest absolute Gasteiger partial charge is 0.412 e. The maximum Gasteiger partial charge on any atom is 0.382 e. The smallest absolute Gasteiger partial charge is 0.382 e. The molecule has 5 atom stereocenters. The van der Waals surface area contributed by atoms with E-state index in [1.807, 2.05) is 44.2 Å². The molecule has 3 aliphatic heterocycles. The molecule has 2 aromatic rings. The second-order valence-electron chi connectivity index (χ2n) is 11.7. The van der Waals surface area contributed by atoms with E-state index >= 15 is 0 Å². The Bertz CT molecular complexity index is 1230. The average Bonchev–Trinajstić information content (AvgIpc) is 2.84. The van der Waals surface area contributed by atoms with Crippen molar-refractivity contribution in [3.63, 3.8) is 0 Å². The number of nitro groups is 1. The zero-order chi connectivity index (χ0) is 29.8. The molecule has 1 fully saturated rings. The Morgan fingerprint density at radius 2 is 1.70 bits per heavy atom. The predicted molar refractivity (Wildman–Crippen MR) is 156 cm³/mol. The van der Waals surface area contributed by atoms with Gasteiger partial charge in [-0.2, -0.15) is 0 Å². The molecule has 2 bridgehead atoms. The molecule has 5 unspecified atom stereocenters. The van der Waals surface area contributed by atoms with Crippen LogP contribution in [0, 0.1) is 22.0 Å². The molecule has 3 aliphatic rings. The van der Waals surface area contributed by atoms with E-state index in [1.165, 1.54) is 11.8 Å². The number of benzene rings is 2. The van der Waals surface area contributed by atoms with Gasteiger partial charge in [0.15, 0.2) is 13.4 Å². The number of nitrogens with zero attached hydrogens (tertiary/aromatic N) is 1. The van der Waals surface area contributed by atoms with E-state index in [9.17, 15) is 24.5 Å². The highest BCUT2D eigenvalue weighted by atomic mass is 32.2. The van der Waals surface area contributed by atoms with E-state index in [2.05, 4.69) is 43.9 Å². The van der Waals surface area contributed by atoms with Crippen LogP contribution in [0.4, 0.5) is 0 Å². The summed E-state index contributed by atoms with van der Waals surface area (Å²) in [6.45, 7) is 14.9. The second-order valence-corrected chi connectivity index (χ2v) is 17.5. The maximum atomic E-state index is 12.7. The van der Waals surface area contributed by atoms with Crippen molar-refractivity contribution in [1.29, 1.82) is 0 Å². The molecular formula is C29H38N2O7SSi. The van der Waals surface area contributed by atoms with Crippen LogP contribution in [0.1, 0.15) is 52.0 Å². The molecule has 3 heterocycles. The first-order valence-electron chi connectivity index (χ1n) is 13.3. The monoisotopic (exact) mass is 586 g/mol. The summed E-state index contributed by atoms with van der Waals surface area (Å²) in [5.74, 6) is -1.27. The summed E-state index contributed by atoms with van der Waals surface area (Å²) in [6, 6.07) is 16.1. The molecule has 0 aromatic heterocycles. The number of hydrogen-bond donors (Lipinski definition) is 1. The minimum absolute atomic E-state index is 0.0283. The lowest BCUT2D eigenvalue weighted by molar-refractivity contribution is -0.576. The molecule has 0 aliphatic carbocycles. The summed E-state index contributed by atoms with van der Waals surface area (Å²) in [6.07, 6.45) is -1.38. The van der Waals surface area contributed by atoms with Crippen LogP contribution in [0.2, 0.25) is 18.1 Å². The molecule has 1 N–H and O–H groups in total. The van der Waals surface area contributed by atoms with Crippen LogP contribution in [-0.4, -0.2) is 42.4 Å². The summed E-state index contributed by atoms with van der Waals surface area (Å²) >= 11 is 1.21. The molecular weight excluding hydrogens is 548 g/mol. The van der Waals surface area contributed by atoms with Gasteiger partial charge in [0.1, 0.15) is 0 Å². The van der Waals surface area contributed by atoms with Crippen molar-refractivity contribution in [3.05, 3.63) is 75.8 Å². The van der Waals surface area contributed by atoms with Crippen molar-refractivity contribution < 1.29 is 28.5 Å². The van der Waals surface area contributed by atoms with Gasteiger partial charge in [0, 0.05) is 10.8 Å². The third kappa shape index (κ3) is 7.58. The van der Waals surface area contributed by atoms with Crippen molar-refractivity contribution in [2.24, 2.45) is 11.8 Å². The van der Waals surface area contributed by atoms with Gasteiger partial charge in [-0.25, -0.2) is 0 Å². The highest BCUT2D eigenvalue weighted by molar-refractivity contribution is 8.13. The van der Waals surface area contributed by atoms with Gasteiger partial charge in [0.2, 0.25) is 5.91 Å². The Hall–Kier alpha value is -3.02. The zero-order valence-electron chi connectivity index (χ0n) is 24.0. The number of carbonyl (C=O) groups is 3. The van der Waals surface area contributed by atoms with E-state index in [4.69, 9.17) is 4.43 Å². The van der Waals surface area contributed by atoms with Crippen molar-refractivity contribution in [3.8, 4) is 0 Å². The molecule has 0 spiro atoms. The number of fused-ring (bicyclic) bond motifs is 5. The van der Waals surface area contributed by atoms with Gasteiger partial charge in [-0.1, -0.05) is 69.8 Å². The van der Waals surface area contributed by atoms with Gasteiger partial charge in [-0.05, 0) is 54.9 Å². The van der Waals surface area contributed by atoms with Crippen LogP contribution in [0.3, 0.4) is 0 Å². The summed E-state index contributed by atoms with van der Waals surface area (Å²) in [7, 11) is -1.93. The fourth-order valence-electron chi connectivity index (χ4n) is 4.29. The van der Waals surface area contributed by atoms with Gasteiger partial charge in [0.05, 0.1) is 35.0 Å². The van der Waals surface area contributed by atoms with Gasteiger partial charge in [0.25, 0.3) is 0 Å². The number of esters is 1. The fourth-order valence-corrected chi connectivity index (χ4v) is 6.58. The number of thioether (sulfide) groups is 1. The molecule has 9 nitrogen and oxygen atoms in total. The van der Waals surface area contributed by atoms with Gasteiger partial charge in [-0.3, -0.25) is 24.5 Å². The van der Waals surface area contributed by atoms with Gasteiger partial charge in [-0.15, -0.1) is 0 Å². The van der Waals surface area contributed by atoms with Gasteiger partial charge < -0.3 is 14.5 Å². The van der Waals surface area contributed by atoms with Crippen LogP contribution in [0.15, 0.2) is 59.5 Å². The first kappa shape index (κ1) is 31.5. The highest BCUT2D eigenvalue weighted by Crippen LogP contribution is 2.40. The highest BCUT2D eigenvalue weighted by Gasteiger charge is 2.50. The first-order chi connectivity index (χ1) is 18.6. The zero-order valence-corrected chi connectivity index (χ0v) is 25.8. The number of nitrogens with one attached hydrogen (secondary N) is 1. The number of hydrogen-bond acceptors (Lipinski definition) is 8. The molecule has 1 saturated heterocycles. The Labute approximate surface area is 240 Å². The third-order valence-electron chi connectivity index (χ3n) is 7.71. The lowest BCUT2D eigenvalue weighted by atomic mass is 9.78. The van der Waals surface area contributed by atoms with Gasteiger partial charge >= 0.3 is 12.2 Å². The topological polar surface area (TPSA) is 125 Å². The lowest BCUT2D eigenvalue weighted by Gasteiger charge is -2.47. The first-order valence-corrected chi connectivity index (χ1v) is 17.0. The summed E-state index contributed by atoms with van der Waals surface area (Å²) in [5.41, 5.74) is 1.20. The molecule has 216 valence electrons. The Balaban J connectivity index is 0.000000263. The quantitative estimate of drug-likeness (QED) is 0.112. The summed E-state index contributed by atoms with van der Waals surface area (Å²) < 4.78 is 11.1. The normalized spacial score (nSPS) is 21.8. The van der Waals surface area contributed by atoms with Crippen molar-refractivity contribution in [2.45, 2.75) is 82.4 Å². The van der Waals surface area contributed by atoms with Crippen LogP contribution in [0.5, 0.6) is 0 Å². The number of amides is 1. The van der Waals surface area contributed by atoms with E-state index in [0.717, 1.165) is 10.5 Å². The number of carbonyl (C=O) groups excluding carboxylic acids is 3. The second kappa shape index (κ2) is 12.7. The Morgan fingerprint density at radius 1 is 1.10 bits per heavy atom. The number of ether oxygens (including phenoxy) is 1. The molecule has 0 radical (unpaired) electrons. The molecule has 40 heavy (non-hydrogen) atoms. The number of rotatable bonds is 7. The van der Waals surface area contributed by atoms with E-state index in [0.29, 0.717) is 5.56 Å². The van der Waals surface area contributed by atoms with Crippen molar-refractivity contribution in [2.75, 3.05) is 0 Å². The van der Waals surface area contributed by atoms with Crippen molar-refractivity contribution >= 4 is 37.1 Å². The van der Waals surface area contributed by atoms with E-state index in [-0.39, 0.29) is 46.5 Å². The maximum absolute atomic E-state index is 12.7. The molecule has 11 heteroatoms.